The van der Waals surface area contributed by atoms with Crippen molar-refractivity contribution >= 4 is 34.2 Å². The van der Waals surface area contributed by atoms with E-state index >= 15 is 0 Å². The second-order valence-electron chi connectivity index (χ2n) is 10.8. The molecule has 1 saturated heterocycles. The maximum atomic E-state index is 13.6. The maximum absolute atomic E-state index is 13.6. The molecule has 0 bridgehead atoms. The highest BCUT2D eigenvalue weighted by Gasteiger charge is 2.22. The molecule has 4 aromatic rings. The summed E-state index contributed by atoms with van der Waals surface area (Å²) in [7, 11) is 0. The average Bonchev–Trinajstić information content (AvgIpc) is 3.81. The van der Waals surface area contributed by atoms with E-state index in [-0.39, 0.29) is 11.8 Å². The smallest absolute Gasteiger partial charge is 0.256 e. The Kier molecular flexibility index (Phi) is 7.01. The topological polar surface area (TPSA) is 74.3 Å². The number of fused-ring (bicyclic) bond motifs is 1. The van der Waals surface area contributed by atoms with Crippen LogP contribution in [0.4, 0.5) is 11.5 Å². The maximum Gasteiger partial charge on any atom is 0.256 e. The number of para-hydroxylation sites is 1. The summed E-state index contributed by atoms with van der Waals surface area (Å²) < 4.78 is 0. The number of rotatable bonds is 7. The van der Waals surface area contributed by atoms with Crippen molar-refractivity contribution in [1.29, 1.82) is 0 Å². The number of hydrogen-bond acceptors (Lipinski definition) is 4. The first-order valence-corrected chi connectivity index (χ1v) is 14.0. The van der Waals surface area contributed by atoms with Gasteiger partial charge in [-0.1, -0.05) is 36.4 Å². The number of nitrogens with one attached hydrogen (secondary N) is 2. The van der Waals surface area contributed by atoms with E-state index in [0.717, 1.165) is 71.6 Å². The van der Waals surface area contributed by atoms with Gasteiger partial charge in [0.15, 0.2) is 0 Å². The van der Waals surface area contributed by atoms with E-state index < -0.39 is 0 Å². The summed E-state index contributed by atoms with van der Waals surface area (Å²) in [6.07, 6.45) is 5.96. The van der Waals surface area contributed by atoms with Gasteiger partial charge in [0, 0.05) is 36.3 Å². The normalized spacial score (nSPS) is 15.3. The number of piperidine rings is 1. The Morgan fingerprint density at radius 2 is 1.67 bits per heavy atom. The van der Waals surface area contributed by atoms with Crippen LogP contribution in [0.15, 0.2) is 72.8 Å². The van der Waals surface area contributed by atoms with Gasteiger partial charge in [-0.3, -0.25) is 9.59 Å². The van der Waals surface area contributed by atoms with Crippen LogP contribution < -0.4 is 15.5 Å². The van der Waals surface area contributed by atoms with Gasteiger partial charge in [0.1, 0.15) is 5.82 Å². The summed E-state index contributed by atoms with van der Waals surface area (Å²) in [6.45, 7) is 4.75. The second-order valence-corrected chi connectivity index (χ2v) is 10.8. The zero-order valence-electron chi connectivity index (χ0n) is 22.4. The van der Waals surface area contributed by atoms with Crippen molar-refractivity contribution in [3.63, 3.8) is 0 Å². The standard InChI is InChI=1S/C33H34N4O2/c1-22-9-16-26(19-28(22)24-12-14-25(15-13-24)32(38)34-21-23-10-11-23)35-33(39)29-20-31(37-17-5-2-6-18-37)36-30-8-4-3-7-27(29)30/h3-4,7-9,12-16,19-20,23H,2,5-6,10-11,17-18,21H2,1H3,(H,34,38)(H,35,39). The fourth-order valence-corrected chi connectivity index (χ4v) is 5.31. The van der Waals surface area contributed by atoms with Crippen molar-refractivity contribution < 1.29 is 9.59 Å². The molecule has 3 aromatic carbocycles. The minimum Gasteiger partial charge on any atom is -0.357 e. The number of amides is 2. The second kappa shape index (κ2) is 10.9. The number of hydrogen-bond donors (Lipinski definition) is 2. The van der Waals surface area contributed by atoms with Gasteiger partial charge in [0.05, 0.1) is 11.1 Å². The number of benzene rings is 3. The molecule has 0 radical (unpaired) electrons. The van der Waals surface area contributed by atoms with Crippen LogP contribution in [0.3, 0.4) is 0 Å². The van der Waals surface area contributed by atoms with E-state index in [9.17, 15) is 9.59 Å². The highest BCUT2D eigenvalue weighted by atomic mass is 16.2. The first-order chi connectivity index (χ1) is 19.0. The number of pyridine rings is 1. The van der Waals surface area contributed by atoms with Crippen LogP contribution in [-0.4, -0.2) is 36.4 Å². The van der Waals surface area contributed by atoms with Crippen molar-refractivity contribution in [3.05, 3.63) is 89.5 Å². The van der Waals surface area contributed by atoms with E-state index in [1.165, 1.54) is 19.3 Å². The van der Waals surface area contributed by atoms with E-state index in [2.05, 4.69) is 22.5 Å². The van der Waals surface area contributed by atoms with Crippen molar-refractivity contribution in [2.45, 2.75) is 39.0 Å². The molecule has 1 aliphatic heterocycles. The molecule has 2 N–H and O–H groups in total. The minimum atomic E-state index is -0.149. The third-order valence-corrected chi connectivity index (χ3v) is 7.83. The fraction of sp³-hybridized carbons (Fsp3) is 0.303. The number of anilines is 2. The lowest BCUT2D eigenvalue weighted by atomic mass is 9.98. The predicted octanol–water partition coefficient (Wildman–Crippen LogP) is 6.59. The van der Waals surface area contributed by atoms with Gasteiger partial charge >= 0.3 is 0 Å². The summed E-state index contributed by atoms with van der Waals surface area (Å²) in [5.41, 5.74) is 5.97. The SMILES string of the molecule is Cc1ccc(NC(=O)c2cc(N3CCCCC3)nc3ccccc23)cc1-c1ccc(C(=O)NCC2CC2)cc1. The molecule has 6 heteroatoms. The third kappa shape index (κ3) is 5.65. The molecule has 2 amide bonds. The summed E-state index contributed by atoms with van der Waals surface area (Å²) in [6, 6.07) is 23.4. The van der Waals surface area contributed by atoms with Gasteiger partial charge in [0.25, 0.3) is 11.8 Å². The first kappa shape index (κ1) is 25.1. The molecule has 2 aliphatic rings. The summed E-state index contributed by atoms with van der Waals surface area (Å²) in [4.78, 5) is 33.2. The molecule has 39 heavy (non-hydrogen) atoms. The Labute approximate surface area is 229 Å². The van der Waals surface area contributed by atoms with E-state index in [4.69, 9.17) is 4.98 Å². The predicted molar refractivity (Wildman–Crippen MR) is 157 cm³/mol. The fourth-order valence-electron chi connectivity index (χ4n) is 5.31. The number of carbonyl (C=O) groups excluding carboxylic acids is 2. The van der Waals surface area contributed by atoms with Crippen LogP contribution >= 0.6 is 0 Å². The van der Waals surface area contributed by atoms with Crippen LogP contribution in [0.5, 0.6) is 0 Å². The van der Waals surface area contributed by atoms with E-state index in [0.29, 0.717) is 17.0 Å². The molecule has 6 rings (SSSR count). The Morgan fingerprint density at radius 3 is 2.44 bits per heavy atom. The highest BCUT2D eigenvalue weighted by molar-refractivity contribution is 6.13. The largest absolute Gasteiger partial charge is 0.357 e. The molecule has 2 fully saturated rings. The third-order valence-electron chi connectivity index (χ3n) is 7.83. The van der Waals surface area contributed by atoms with Gasteiger partial charge in [-0.05, 0) is 98.0 Å². The van der Waals surface area contributed by atoms with Gasteiger partial charge in [-0.25, -0.2) is 4.98 Å². The van der Waals surface area contributed by atoms with E-state index in [1.807, 2.05) is 72.8 Å². The van der Waals surface area contributed by atoms with Crippen LogP contribution in [0.2, 0.25) is 0 Å². The lowest BCUT2D eigenvalue weighted by molar-refractivity contribution is 0.0951. The van der Waals surface area contributed by atoms with Crippen LogP contribution in [0.1, 0.15) is 58.4 Å². The molecule has 6 nitrogen and oxygen atoms in total. The molecular weight excluding hydrogens is 484 g/mol. The zero-order chi connectivity index (χ0) is 26.8. The quantitative estimate of drug-likeness (QED) is 0.289. The van der Waals surface area contributed by atoms with Crippen molar-refractivity contribution in [2.75, 3.05) is 29.9 Å². The van der Waals surface area contributed by atoms with Crippen molar-refractivity contribution in [2.24, 2.45) is 5.92 Å². The molecule has 1 aliphatic carbocycles. The van der Waals surface area contributed by atoms with Gasteiger partial charge in [-0.2, -0.15) is 0 Å². The number of aromatic nitrogens is 1. The summed E-state index contributed by atoms with van der Waals surface area (Å²) >= 11 is 0. The lowest BCUT2D eigenvalue weighted by Crippen LogP contribution is -2.30. The van der Waals surface area contributed by atoms with Gasteiger partial charge in [-0.15, -0.1) is 0 Å². The number of aryl methyl sites for hydroxylation is 1. The lowest BCUT2D eigenvalue weighted by Gasteiger charge is -2.28. The summed E-state index contributed by atoms with van der Waals surface area (Å²) in [5.74, 6) is 1.34. The molecule has 2 heterocycles. The Bertz CT molecular complexity index is 1520. The van der Waals surface area contributed by atoms with Crippen LogP contribution in [0, 0.1) is 12.8 Å². The Balaban J connectivity index is 1.24. The molecule has 198 valence electrons. The Morgan fingerprint density at radius 1 is 0.897 bits per heavy atom. The Hall–Kier alpha value is -4.19. The zero-order valence-corrected chi connectivity index (χ0v) is 22.4. The van der Waals surface area contributed by atoms with Gasteiger partial charge < -0.3 is 15.5 Å². The van der Waals surface area contributed by atoms with E-state index in [1.54, 1.807) is 0 Å². The average molecular weight is 519 g/mol. The van der Waals surface area contributed by atoms with Crippen molar-refractivity contribution in [1.82, 2.24) is 10.3 Å². The number of nitrogens with zero attached hydrogens (tertiary/aromatic N) is 2. The first-order valence-electron chi connectivity index (χ1n) is 14.0. The monoisotopic (exact) mass is 518 g/mol. The number of carbonyl (C=O) groups is 2. The molecule has 0 spiro atoms. The molecule has 1 saturated carbocycles. The molecule has 0 unspecified atom stereocenters. The minimum absolute atomic E-state index is 0.0281. The van der Waals surface area contributed by atoms with Gasteiger partial charge in [0.2, 0.25) is 0 Å². The van der Waals surface area contributed by atoms with Crippen LogP contribution in [0.25, 0.3) is 22.0 Å². The summed E-state index contributed by atoms with van der Waals surface area (Å²) in [5, 5.41) is 7.00. The molecule has 1 aromatic heterocycles. The molecular formula is C33H34N4O2. The van der Waals surface area contributed by atoms with Crippen molar-refractivity contribution in [3.8, 4) is 11.1 Å². The highest BCUT2D eigenvalue weighted by Crippen LogP contribution is 2.30. The van der Waals surface area contributed by atoms with Crippen LogP contribution in [-0.2, 0) is 0 Å². The molecule has 0 atom stereocenters.